The summed E-state index contributed by atoms with van der Waals surface area (Å²) in [6, 6.07) is 4.60. The van der Waals surface area contributed by atoms with Gasteiger partial charge in [0, 0.05) is 5.56 Å². The first-order valence-corrected chi connectivity index (χ1v) is 4.29. The molecule has 0 radical (unpaired) electrons. The number of rotatable bonds is 1. The fraction of sp³-hybridized carbons (Fsp3) is 0.455. The molecule has 0 fully saturated rings. The predicted octanol–water partition coefficient (Wildman–Crippen LogP) is 3.13. The molecule has 0 N–H and O–H groups in total. The zero-order chi connectivity index (χ0) is 10.1. The maximum absolute atomic E-state index is 13.0. The molecule has 0 aromatic heterocycles. The molecular weight excluding hydrogens is 167 g/mol. The summed E-state index contributed by atoms with van der Waals surface area (Å²) in [5.41, 5.74) is 0.808. The first-order chi connectivity index (χ1) is 5.95. The van der Waals surface area contributed by atoms with Crippen LogP contribution in [-0.2, 0) is 5.41 Å². The van der Waals surface area contributed by atoms with Crippen molar-refractivity contribution in [3.8, 4) is 5.75 Å². The van der Waals surface area contributed by atoms with Crippen LogP contribution in [0.4, 0.5) is 4.39 Å². The molecule has 1 rings (SSSR count). The van der Waals surface area contributed by atoms with Crippen molar-refractivity contribution < 1.29 is 9.13 Å². The quantitative estimate of drug-likeness (QED) is 0.648. The minimum absolute atomic E-state index is 0.0898. The average molecular weight is 182 g/mol. The lowest BCUT2D eigenvalue weighted by molar-refractivity contribution is 0.395. The molecule has 1 aromatic carbocycles. The minimum atomic E-state index is -0.217. The van der Waals surface area contributed by atoms with Crippen molar-refractivity contribution in [2.75, 3.05) is 7.11 Å². The number of hydrogen-bond acceptors (Lipinski definition) is 1. The second-order valence-electron chi connectivity index (χ2n) is 4.09. The van der Waals surface area contributed by atoms with Gasteiger partial charge in [0.15, 0.2) is 0 Å². The topological polar surface area (TPSA) is 9.23 Å². The second kappa shape index (κ2) is 3.36. The minimum Gasteiger partial charge on any atom is -0.496 e. The van der Waals surface area contributed by atoms with Crippen LogP contribution in [0.15, 0.2) is 18.2 Å². The van der Waals surface area contributed by atoms with Crippen LogP contribution in [0.2, 0.25) is 0 Å². The van der Waals surface area contributed by atoms with Gasteiger partial charge in [-0.3, -0.25) is 0 Å². The van der Waals surface area contributed by atoms with E-state index in [0.29, 0.717) is 0 Å². The van der Waals surface area contributed by atoms with Crippen LogP contribution in [0.3, 0.4) is 0 Å². The fourth-order valence-electron chi connectivity index (χ4n) is 1.27. The van der Waals surface area contributed by atoms with E-state index >= 15 is 0 Å². The van der Waals surface area contributed by atoms with Gasteiger partial charge in [0.2, 0.25) is 0 Å². The summed E-state index contributed by atoms with van der Waals surface area (Å²) in [5.74, 6) is 0.527. The number of ether oxygens (including phenoxy) is 1. The van der Waals surface area contributed by atoms with E-state index in [-0.39, 0.29) is 11.2 Å². The van der Waals surface area contributed by atoms with Gasteiger partial charge in [0.05, 0.1) is 7.11 Å². The zero-order valence-corrected chi connectivity index (χ0v) is 8.52. The van der Waals surface area contributed by atoms with E-state index in [1.165, 1.54) is 12.1 Å². The van der Waals surface area contributed by atoms with Crippen LogP contribution >= 0.6 is 0 Å². The monoisotopic (exact) mass is 182 g/mol. The van der Waals surface area contributed by atoms with E-state index in [4.69, 9.17) is 4.74 Å². The number of benzene rings is 1. The normalized spacial score (nSPS) is 11.5. The van der Waals surface area contributed by atoms with Crippen LogP contribution in [0.25, 0.3) is 0 Å². The van der Waals surface area contributed by atoms with Crippen molar-refractivity contribution in [2.45, 2.75) is 26.2 Å². The van der Waals surface area contributed by atoms with Gasteiger partial charge in [-0.25, -0.2) is 4.39 Å². The van der Waals surface area contributed by atoms with Crippen LogP contribution in [0.5, 0.6) is 5.75 Å². The molecule has 0 heterocycles. The van der Waals surface area contributed by atoms with E-state index in [1.54, 1.807) is 13.2 Å². The van der Waals surface area contributed by atoms with Crippen LogP contribution in [-0.4, -0.2) is 7.11 Å². The summed E-state index contributed by atoms with van der Waals surface area (Å²) in [7, 11) is 1.60. The highest BCUT2D eigenvalue weighted by molar-refractivity contribution is 5.38. The van der Waals surface area contributed by atoms with E-state index < -0.39 is 0 Å². The lowest BCUT2D eigenvalue weighted by Crippen LogP contribution is -2.13. The Morgan fingerprint density at radius 2 is 1.85 bits per heavy atom. The van der Waals surface area contributed by atoms with Gasteiger partial charge in [-0.2, -0.15) is 0 Å². The molecule has 1 aromatic rings. The van der Waals surface area contributed by atoms with Gasteiger partial charge in [-0.1, -0.05) is 20.8 Å². The van der Waals surface area contributed by atoms with E-state index in [2.05, 4.69) is 0 Å². The molecule has 0 amide bonds. The Bertz CT molecular complexity index is 299. The smallest absolute Gasteiger partial charge is 0.123 e. The summed E-state index contributed by atoms with van der Waals surface area (Å²) in [4.78, 5) is 0. The standard InChI is InChI=1S/C11H15FO/c1-11(2,3)9-7-8(12)5-6-10(9)13-4/h5-7H,1-4H3. The Kier molecular flexibility index (Phi) is 2.60. The number of halogens is 1. The SMILES string of the molecule is COc1ccc(F)cc1C(C)(C)C. The molecule has 0 atom stereocenters. The van der Waals surface area contributed by atoms with Crippen LogP contribution in [0, 0.1) is 5.82 Å². The molecule has 13 heavy (non-hydrogen) atoms. The Balaban J connectivity index is 3.24. The number of methoxy groups -OCH3 is 1. The molecule has 0 unspecified atom stereocenters. The Labute approximate surface area is 78.5 Å². The highest BCUT2D eigenvalue weighted by Gasteiger charge is 2.19. The molecule has 0 saturated heterocycles. The molecule has 0 aliphatic rings. The van der Waals surface area contributed by atoms with Gasteiger partial charge in [0.25, 0.3) is 0 Å². The third-order valence-electron chi connectivity index (χ3n) is 1.97. The van der Waals surface area contributed by atoms with Crippen LogP contribution in [0.1, 0.15) is 26.3 Å². The largest absolute Gasteiger partial charge is 0.496 e. The Hall–Kier alpha value is -1.05. The molecule has 1 nitrogen and oxygen atoms in total. The molecule has 0 bridgehead atoms. The van der Waals surface area contributed by atoms with E-state index in [9.17, 15) is 4.39 Å². The van der Waals surface area contributed by atoms with E-state index in [0.717, 1.165) is 11.3 Å². The average Bonchev–Trinajstić information content (AvgIpc) is 2.03. The lowest BCUT2D eigenvalue weighted by atomic mass is 9.86. The van der Waals surface area contributed by atoms with Crippen molar-refractivity contribution in [2.24, 2.45) is 0 Å². The predicted molar refractivity (Wildman–Crippen MR) is 51.7 cm³/mol. The third-order valence-corrected chi connectivity index (χ3v) is 1.97. The summed E-state index contributed by atoms with van der Waals surface area (Å²) in [5, 5.41) is 0. The van der Waals surface area contributed by atoms with Crippen LogP contribution < -0.4 is 4.74 Å². The van der Waals surface area contributed by atoms with Gasteiger partial charge < -0.3 is 4.74 Å². The Morgan fingerprint density at radius 1 is 1.23 bits per heavy atom. The van der Waals surface area contributed by atoms with Gasteiger partial charge in [0.1, 0.15) is 11.6 Å². The molecule has 0 saturated carbocycles. The molecule has 0 aliphatic heterocycles. The van der Waals surface area contributed by atoms with Crippen molar-refractivity contribution >= 4 is 0 Å². The zero-order valence-electron chi connectivity index (χ0n) is 8.52. The maximum atomic E-state index is 13.0. The maximum Gasteiger partial charge on any atom is 0.123 e. The van der Waals surface area contributed by atoms with Crippen molar-refractivity contribution in [3.63, 3.8) is 0 Å². The third kappa shape index (κ3) is 2.20. The van der Waals surface area contributed by atoms with Gasteiger partial charge in [-0.15, -0.1) is 0 Å². The summed E-state index contributed by atoms with van der Waals surface area (Å²) < 4.78 is 18.1. The molecule has 2 heteroatoms. The molecule has 72 valence electrons. The first kappa shape index (κ1) is 10.0. The number of hydrogen-bond donors (Lipinski definition) is 0. The highest BCUT2D eigenvalue weighted by Crippen LogP contribution is 2.31. The van der Waals surface area contributed by atoms with Crippen molar-refractivity contribution in [1.29, 1.82) is 0 Å². The summed E-state index contributed by atoms with van der Waals surface area (Å²) >= 11 is 0. The van der Waals surface area contributed by atoms with Gasteiger partial charge in [-0.05, 0) is 23.6 Å². The van der Waals surface area contributed by atoms with Crippen molar-refractivity contribution in [3.05, 3.63) is 29.6 Å². The van der Waals surface area contributed by atoms with Gasteiger partial charge >= 0.3 is 0 Å². The fourth-order valence-corrected chi connectivity index (χ4v) is 1.27. The first-order valence-electron chi connectivity index (χ1n) is 4.29. The summed E-state index contributed by atoms with van der Waals surface area (Å²) in [6.07, 6.45) is 0. The highest BCUT2D eigenvalue weighted by atomic mass is 19.1. The molecule has 0 spiro atoms. The lowest BCUT2D eigenvalue weighted by Gasteiger charge is -2.21. The molecule has 0 aliphatic carbocycles. The Morgan fingerprint density at radius 3 is 2.31 bits per heavy atom. The summed E-state index contributed by atoms with van der Waals surface area (Å²) in [6.45, 7) is 6.10. The van der Waals surface area contributed by atoms with Crippen molar-refractivity contribution in [1.82, 2.24) is 0 Å². The second-order valence-corrected chi connectivity index (χ2v) is 4.09. The van der Waals surface area contributed by atoms with E-state index in [1.807, 2.05) is 20.8 Å². The molecular formula is C11H15FO.